The lowest BCUT2D eigenvalue weighted by Crippen LogP contribution is -2.29. The minimum absolute atomic E-state index is 0.0198. The van der Waals surface area contributed by atoms with E-state index in [1.165, 1.54) is 11.8 Å². The molecule has 0 fully saturated rings. The molecule has 1 amide bonds. The number of nitrogens with one attached hydrogen (secondary N) is 1. The first-order valence-electron chi connectivity index (χ1n) is 10.00. The number of benzene rings is 2. The first kappa shape index (κ1) is 24.1. The summed E-state index contributed by atoms with van der Waals surface area (Å²) < 4.78 is 7.49. The lowest BCUT2D eigenvalue weighted by atomic mass is 10.2. The number of carbonyl (C=O) groups excluding carboxylic acids is 1. The summed E-state index contributed by atoms with van der Waals surface area (Å²) in [5.41, 5.74) is 2.04. The number of halogens is 2. The molecular formula is C22H25Cl2N3O2S2. The lowest BCUT2D eigenvalue weighted by molar-refractivity contribution is -0.118. The van der Waals surface area contributed by atoms with Crippen molar-refractivity contribution in [2.45, 2.75) is 24.2 Å². The van der Waals surface area contributed by atoms with Crippen LogP contribution in [0.1, 0.15) is 18.9 Å². The predicted molar refractivity (Wildman–Crippen MR) is 132 cm³/mol. The quantitative estimate of drug-likeness (QED) is 0.270. The van der Waals surface area contributed by atoms with Gasteiger partial charge in [-0.3, -0.25) is 4.79 Å². The van der Waals surface area contributed by atoms with Crippen molar-refractivity contribution in [3.8, 4) is 5.75 Å². The number of hydrogen-bond acceptors (Lipinski definition) is 6. The molecule has 0 spiro atoms. The van der Waals surface area contributed by atoms with E-state index in [0.29, 0.717) is 28.9 Å². The third-order valence-corrected chi connectivity index (χ3v) is 7.35. The molecule has 0 atom stereocenters. The number of nitrogens with zero attached hydrogens (tertiary/aromatic N) is 2. The number of thioether (sulfide) groups is 1. The molecule has 3 aromatic rings. The molecule has 0 aliphatic carbocycles. The first-order chi connectivity index (χ1) is 14.9. The number of ether oxygens (including phenoxy) is 1. The average molecular weight is 499 g/mol. The maximum absolute atomic E-state index is 12.2. The van der Waals surface area contributed by atoms with Gasteiger partial charge in [0.25, 0.3) is 0 Å². The topological polar surface area (TPSA) is 54.5 Å². The van der Waals surface area contributed by atoms with Gasteiger partial charge in [-0.05, 0) is 62.8 Å². The summed E-state index contributed by atoms with van der Waals surface area (Å²) in [6, 6.07) is 11.5. The molecule has 0 unspecified atom stereocenters. The Kier molecular flexibility index (Phi) is 9.29. The van der Waals surface area contributed by atoms with Gasteiger partial charge in [0.15, 0.2) is 4.34 Å². The summed E-state index contributed by atoms with van der Waals surface area (Å²) >= 11 is 15.1. The molecule has 0 saturated heterocycles. The third kappa shape index (κ3) is 7.54. The Balaban J connectivity index is 1.35. The van der Waals surface area contributed by atoms with Crippen LogP contribution in [0.15, 0.2) is 40.7 Å². The Labute approximate surface area is 201 Å². The standard InChI is InChI=1S/C22H25Cl2N3O2S2/c1-3-29-16-6-8-19-20(12-16)31-22(26-19)30-14-21(28)25-9-4-10-27(2)13-15-5-7-17(23)18(24)11-15/h5-8,11-12H,3-4,9-10,13-14H2,1-2H3,(H,25,28). The van der Waals surface area contributed by atoms with Crippen LogP contribution in [0.2, 0.25) is 10.0 Å². The van der Waals surface area contributed by atoms with Crippen LogP contribution in [0.5, 0.6) is 5.75 Å². The molecule has 166 valence electrons. The molecule has 0 saturated carbocycles. The number of rotatable bonds is 11. The van der Waals surface area contributed by atoms with Crippen molar-refractivity contribution in [1.82, 2.24) is 15.2 Å². The second-order valence-corrected chi connectivity index (χ2v) is 10.1. The highest BCUT2D eigenvalue weighted by Crippen LogP contribution is 2.31. The van der Waals surface area contributed by atoms with Gasteiger partial charge in [-0.1, -0.05) is 41.0 Å². The van der Waals surface area contributed by atoms with E-state index in [0.717, 1.165) is 45.4 Å². The van der Waals surface area contributed by atoms with E-state index in [1.54, 1.807) is 11.3 Å². The normalized spacial score (nSPS) is 11.3. The monoisotopic (exact) mass is 497 g/mol. The number of aromatic nitrogens is 1. The predicted octanol–water partition coefficient (Wildman–Crippen LogP) is 5.73. The van der Waals surface area contributed by atoms with Crippen molar-refractivity contribution >= 4 is 62.4 Å². The van der Waals surface area contributed by atoms with Gasteiger partial charge in [-0.2, -0.15) is 0 Å². The summed E-state index contributed by atoms with van der Waals surface area (Å²) in [5.74, 6) is 1.22. The van der Waals surface area contributed by atoms with Crippen LogP contribution in [0.4, 0.5) is 0 Å². The second-order valence-electron chi connectivity index (χ2n) is 7.02. The van der Waals surface area contributed by atoms with E-state index in [9.17, 15) is 4.79 Å². The Bertz CT molecular complexity index is 1030. The van der Waals surface area contributed by atoms with Crippen LogP contribution >= 0.6 is 46.3 Å². The summed E-state index contributed by atoms with van der Waals surface area (Å²) in [6.45, 7) is 4.89. The summed E-state index contributed by atoms with van der Waals surface area (Å²) in [4.78, 5) is 18.9. The molecular weight excluding hydrogens is 473 g/mol. The number of fused-ring (bicyclic) bond motifs is 1. The highest BCUT2D eigenvalue weighted by atomic mass is 35.5. The van der Waals surface area contributed by atoms with Crippen LogP contribution in [0.3, 0.4) is 0 Å². The van der Waals surface area contributed by atoms with Gasteiger partial charge in [0.1, 0.15) is 5.75 Å². The SMILES string of the molecule is CCOc1ccc2nc(SCC(=O)NCCCN(C)Cc3ccc(Cl)c(Cl)c3)sc2c1. The van der Waals surface area contributed by atoms with Gasteiger partial charge in [0.05, 0.1) is 32.6 Å². The molecule has 0 bridgehead atoms. The highest BCUT2D eigenvalue weighted by Gasteiger charge is 2.09. The molecule has 3 rings (SSSR count). The van der Waals surface area contributed by atoms with Gasteiger partial charge in [-0.25, -0.2) is 4.98 Å². The average Bonchev–Trinajstić information content (AvgIpc) is 3.15. The van der Waals surface area contributed by atoms with E-state index < -0.39 is 0 Å². The number of amides is 1. The maximum atomic E-state index is 12.2. The molecule has 5 nitrogen and oxygen atoms in total. The van der Waals surface area contributed by atoms with Crippen molar-refractivity contribution < 1.29 is 9.53 Å². The Hall–Kier alpha value is -1.51. The van der Waals surface area contributed by atoms with E-state index >= 15 is 0 Å². The Morgan fingerprint density at radius 2 is 2.06 bits per heavy atom. The fraction of sp³-hybridized carbons (Fsp3) is 0.364. The molecule has 2 aromatic carbocycles. The van der Waals surface area contributed by atoms with E-state index in [1.807, 2.05) is 50.4 Å². The first-order valence-corrected chi connectivity index (χ1v) is 12.6. The molecule has 0 aliphatic rings. The number of carbonyl (C=O) groups is 1. The molecule has 1 N–H and O–H groups in total. The molecule has 31 heavy (non-hydrogen) atoms. The van der Waals surface area contributed by atoms with Crippen molar-refractivity contribution in [3.05, 3.63) is 52.0 Å². The van der Waals surface area contributed by atoms with E-state index in [-0.39, 0.29) is 5.91 Å². The van der Waals surface area contributed by atoms with Gasteiger partial charge in [0, 0.05) is 13.1 Å². The zero-order valence-corrected chi connectivity index (χ0v) is 20.6. The number of thiazole rings is 1. The van der Waals surface area contributed by atoms with Crippen LogP contribution in [0.25, 0.3) is 10.2 Å². The van der Waals surface area contributed by atoms with Gasteiger partial charge in [0.2, 0.25) is 5.91 Å². The second kappa shape index (κ2) is 11.9. The Morgan fingerprint density at radius 1 is 1.23 bits per heavy atom. The Morgan fingerprint density at radius 3 is 2.84 bits per heavy atom. The van der Waals surface area contributed by atoms with Crippen LogP contribution in [-0.2, 0) is 11.3 Å². The largest absolute Gasteiger partial charge is 0.494 e. The summed E-state index contributed by atoms with van der Waals surface area (Å²) in [7, 11) is 2.05. The number of hydrogen-bond donors (Lipinski definition) is 1. The minimum atomic E-state index is 0.0198. The van der Waals surface area contributed by atoms with Crippen LogP contribution < -0.4 is 10.1 Å². The molecule has 1 heterocycles. The zero-order valence-electron chi connectivity index (χ0n) is 17.5. The lowest BCUT2D eigenvalue weighted by Gasteiger charge is -2.17. The van der Waals surface area contributed by atoms with Crippen molar-refractivity contribution in [2.24, 2.45) is 0 Å². The summed E-state index contributed by atoms with van der Waals surface area (Å²) in [5, 5.41) is 4.11. The fourth-order valence-corrected chi connectivity index (χ4v) is 5.23. The van der Waals surface area contributed by atoms with Gasteiger partial charge < -0.3 is 15.0 Å². The summed E-state index contributed by atoms with van der Waals surface area (Å²) in [6.07, 6.45) is 0.871. The van der Waals surface area contributed by atoms with Crippen molar-refractivity contribution in [2.75, 3.05) is 32.5 Å². The van der Waals surface area contributed by atoms with Crippen LogP contribution in [-0.4, -0.2) is 48.3 Å². The zero-order chi connectivity index (χ0) is 22.2. The highest BCUT2D eigenvalue weighted by molar-refractivity contribution is 8.01. The van der Waals surface area contributed by atoms with Crippen molar-refractivity contribution in [3.63, 3.8) is 0 Å². The molecule has 1 aromatic heterocycles. The molecule has 0 radical (unpaired) electrons. The van der Waals surface area contributed by atoms with Gasteiger partial charge in [-0.15, -0.1) is 11.3 Å². The molecule has 9 heteroatoms. The van der Waals surface area contributed by atoms with Gasteiger partial charge >= 0.3 is 0 Å². The van der Waals surface area contributed by atoms with E-state index in [4.69, 9.17) is 27.9 Å². The smallest absolute Gasteiger partial charge is 0.230 e. The maximum Gasteiger partial charge on any atom is 0.230 e. The third-order valence-electron chi connectivity index (χ3n) is 4.45. The van der Waals surface area contributed by atoms with Crippen molar-refractivity contribution in [1.29, 1.82) is 0 Å². The van der Waals surface area contributed by atoms with Crippen LogP contribution in [0, 0.1) is 0 Å². The molecule has 0 aliphatic heterocycles. The van der Waals surface area contributed by atoms with E-state index in [2.05, 4.69) is 15.2 Å². The minimum Gasteiger partial charge on any atom is -0.494 e. The fourth-order valence-electron chi connectivity index (χ4n) is 2.99.